The number of aliphatic hydroxyl groups is 1. The van der Waals surface area contributed by atoms with E-state index in [0.29, 0.717) is 16.7 Å². The second kappa shape index (κ2) is 2.93. The van der Waals surface area contributed by atoms with Gasteiger partial charge >= 0.3 is 0 Å². The average Bonchev–Trinajstić information content (AvgIpc) is 2.69. The van der Waals surface area contributed by atoms with Crippen molar-refractivity contribution in [3.8, 4) is 0 Å². The summed E-state index contributed by atoms with van der Waals surface area (Å²) in [5.74, 6) is 1.54. The predicted molar refractivity (Wildman–Crippen MR) is 66.0 cm³/mol. The van der Waals surface area contributed by atoms with E-state index in [1.807, 2.05) is 0 Å². The molecule has 3 rings (SSSR count). The van der Waals surface area contributed by atoms with Crippen molar-refractivity contribution < 1.29 is 5.11 Å². The van der Waals surface area contributed by atoms with Crippen LogP contribution in [-0.4, -0.2) is 11.2 Å². The lowest BCUT2D eigenvalue weighted by atomic mass is 9.60. The normalized spacial score (nSPS) is 49.7. The van der Waals surface area contributed by atoms with Crippen LogP contribution in [-0.2, 0) is 0 Å². The van der Waals surface area contributed by atoms with Crippen LogP contribution in [0.4, 0.5) is 0 Å². The number of fused-ring (bicyclic) bond motifs is 1. The number of hydrogen-bond donors (Lipinski definition) is 1. The van der Waals surface area contributed by atoms with Crippen LogP contribution >= 0.6 is 0 Å². The van der Waals surface area contributed by atoms with Gasteiger partial charge in [0.1, 0.15) is 0 Å². The molecule has 16 heavy (non-hydrogen) atoms. The molecular formula is C15H24O. The van der Waals surface area contributed by atoms with Crippen molar-refractivity contribution in [3.05, 3.63) is 11.1 Å². The van der Waals surface area contributed by atoms with Gasteiger partial charge in [0, 0.05) is 0 Å². The highest BCUT2D eigenvalue weighted by Gasteiger charge is 2.59. The average molecular weight is 220 g/mol. The molecule has 4 atom stereocenters. The highest BCUT2D eigenvalue weighted by molar-refractivity contribution is 5.39. The first kappa shape index (κ1) is 10.8. The number of aliphatic hydroxyl groups excluding tert-OH is 1. The summed E-state index contributed by atoms with van der Waals surface area (Å²) in [7, 11) is 0. The fourth-order valence-electron chi connectivity index (χ4n) is 4.94. The van der Waals surface area contributed by atoms with Crippen LogP contribution in [0.3, 0.4) is 0 Å². The van der Waals surface area contributed by atoms with E-state index in [9.17, 15) is 5.11 Å². The SMILES string of the molecule is CC1=C2[C@@H](O)C[C@H](C)[C@]23CC[C@@H](C3)C1(C)C. The zero-order chi connectivity index (χ0) is 11.7. The Kier molecular flexibility index (Phi) is 1.98. The van der Waals surface area contributed by atoms with Gasteiger partial charge in [-0.3, -0.25) is 0 Å². The summed E-state index contributed by atoms with van der Waals surface area (Å²) in [6.07, 6.45) is 4.88. The van der Waals surface area contributed by atoms with Crippen molar-refractivity contribution in [2.24, 2.45) is 22.7 Å². The molecule has 3 aliphatic rings. The monoisotopic (exact) mass is 220 g/mol. The molecule has 2 saturated carbocycles. The van der Waals surface area contributed by atoms with E-state index in [0.717, 1.165) is 12.3 Å². The summed E-state index contributed by atoms with van der Waals surface area (Å²) in [6.45, 7) is 9.39. The van der Waals surface area contributed by atoms with Crippen LogP contribution in [0.2, 0.25) is 0 Å². The Morgan fingerprint density at radius 2 is 2.00 bits per heavy atom. The van der Waals surface area contributed by atoms with E-state index in [-0.39, 0.29) is 6.10 Å². The highest BCUT2D eigenvalue weighted by Crippen LogP contribution is 2.67. The Bertz CT molecular complexity index is 366. The fraction of sp³-hybridized carbons (Fsp3) is 0.867. The largest absolute Gasteiger partial charge is 0.389 e. The van der Waals surface area contributed by atoms with Crippen molar-refractivity contribution in [2.45, 2.75) is 59.5 Å². The van der Waals surface area contributed by atoms with Gasteiger partial charge < -0.3 is 5.11 Å². The number of rotatable bonds is 0. The predicted octanol–water partition coefficient (Wildman–Crippen LogP) is 3.53. The quantitative estimate of drug-likeness (QED) is 0.619. The third-order valence-electron chi connectivity index (χ3n) is 6.33. The topological polar surface area (TPSA) is 20.2 Å². The van der Waals surface area contributed by atoms with Gasteiger partial charge in [-0.05, 0) is 60.8 Å². The van der Waals surface area contributed by atoms with Gasteiger partial charge in [-0.1, -0.05) is 26.3 Å². The Labute approximate surface area is 98.9 Å². The zero-order valence-corrected chi connectivity index (χ0v) is 11.0. The molecule has 2 fully saturated rings. The molecule has 1 heteroatoms. The highest BCUT2D eigenvalue weighted by atomic mass is 16.3. The van der Waals surface area contributed by atoms with Crippen molar-refractivity contribution in [1.29, 1.82) is 0 Å². The second-order valence-electron chi connectivity index (χ2n) is 7.01. The van der Waals surface area contributed by atoms with Gasteiger partial charge in [0.15, 0.2) is 0 Å². The van der Waals surface area contributed by atoms with Crippen LogP contribution in [0.5, 0.6) is 0 Å². The first-order chi connectivity index (χ1) is 7.39. The Morgan fingerprint density at radius 3 is 2.69 bits per heavy atom. The zero-order valence-electron chi connectivity index (χ0n) is 11.0. The maximum absolute atomic E-state index is 10.4. The standard InChI is InChI=1S/C15H24O/c1-9-7-12(16)13-10(2)14(3,4)11-5-6-15(9,13)8-11/h9,11-12,16H,5-8H2,1-4H3/t9-,11-,12-,15+/m0/s1. The molecule has 3 aliphatic carbocycles. The number of allylic oxidation sites excluding steroid dienone is 1. The minimum absolute atomic E-state index is 0.145. The summed E-state index contributed by atoms with van der Waals surface area (Å²) in [5, 5.41) is 10.4. The van der Waals surface area contributed by atoms with E-state index < -0.39 is 0 Å². The molecule has 0 aromatic rings. The second-order valence-corrected chi connectivity index (χ2v) is 7.01. The molecule has 1 nitrogen and oxygen atoms in total. The van der Waals surface area contributed by atoms with Crippen molar-refractivity contribution in [3.63, 3.8) is 0 Å². The lowest BCUT2D eigenvalue weighted by Crippen LogP contribution is -2.36. The van der Waals surface area contributed by atoms with E-state index in [4.69, 9.17) is 0 Å². The molecule has 0 saturated heterocycles. The maximum atomic E-state index is 10.4. The summed E-state index contributed by atoms with van der Waals surface area (Å²) in [6, 6.07) is 0. The molecule has 0 radical (unpaired) electrons. The Hall–Kier alpha value is -0.300. The van der Waals surface area contributed by atoms with Crippen molar-refractivity contribution >= 4 is 0 Å². The minimum atomic E-state index is -0.145. The van der Waals surface area contributed by atoms with Crippen LogP contribution < -0.4 is 0 Å². The maximum Gasteiger partial charge on any atom is 0.0761 e. The smallest absolute Gasteiger partial charge is 0.0761 e. The summed E-state index contributed by atoms with van der Waals surface area (Å²) >= 11 is 0. The van der Waals surface area contributed by atoms with Gasteiger partial charge in [0.25, 0.3) is 0 Å². The van der Waals surface area contributed by atoms with Gasteiger partial charge in [-0.15, -0.1) is 0 Å². The Balaban J connectivity index is 2.21. The van der Waals surface area contributed by atoms with Crippen molar-refractivity contribution in [1.82, 2.24) is 0 Å². The van der Waals surface area contributed by atoms with Crippen LogP contribution in [0, 0.1) is 22.7 Å². The van der Waals surface area contributed by atoms with Crippen LogP contribution in [0.25, 0.3) is 0 Å². The summed E-state index contributed by atoms with van der Waals surface area (Å²) < 4.78 is 0. The Morgan fingerprint density at radius 1 is 1.31 bits per heavy atom. The molecule has 0 aromatic carbocycles. The van der Waals surface area contributed by atoms with Crippen molar-refractivity contribution in [2.75, 3.05) is 0 Å². The van der Waals surface area contributed by atoms with E-state index in [1.54, 1.807) is 0 Å². The van der Waals surface area contributed by atoms with Crippen LogP contribution in [0.1, 0.15) is 53.4 Å². The van der Waals surface area contributed by atoms with Gasteiger partial charge in [0.2, 0.25) is 0 Å². The molecule has 0 heterocycles. The summed E-state index contributed by atoms with van der Waals surface area (Å²) in [5.41, 5.74) is 3.67. The third kappa shape index (κ3) is 1.01. The van der Waals surface area contributed by atoms with Gasteiger partial charge in [-0.2, -0.15) is 0 Å². The lowest BCUT2D eigenvalue weighted by molar-refractivity contribution is 0.174. The molecule has 0 aromatic heterocycles. The van der Waals surface area contributed by atoms with Gasteiger partial charge in [-0.25, -0.2) is 0 Å². The molecule has 2 bridgehead atoms. The van der Waals surface area contributed by atoms with E-state index >= 15 is 0 Å². The molecule has 1 spiro atoms. The fourth-order valence-corrected chi connectivity index (χ4v) is 4.94. The minimum Gasteiger partial charge on any atom is -0.389 e. The van der Waals surface area contributed by atoms with E-state index in [2.05, 4.69) is 27.7 Å². The van der Waals surface area contributed by atoms with Gasteiger partial charge in [0.05, 0.1) is 6.10 Å². The first-order valence-electron chi connectivity index (χ1n) is 6.79. The molecule has 0 amide bonds. The number of hydrogen-bond acceptors (Lipinski definition) is 1. The lowest BCUT2D eigenvalue weighted by Gasteiger charge is -2.44. The van der Waals surface area contributed by atoms with Crippen LogP contribution in [0.15, 0.2) is 11.1 Å². The molecule has 1 N–H and O–H groups in total. The molecule has 90 valence electrons. The summed E-state index contributed by atoms with van der Waals surface area (Å²) in [4.78, 5) is 0. The molecule has 0 aliphatic heterocycles. The first-order valence-corrected chi connectivity index (χ1v) is 6.79. The third-order valence-corrected chi connectivity index (χ3v) is 6.33. The van der Waals surface area contributed by atoms with E-state index in [1.165, 1.54) is 30.4 Å². The molecule has 0 unspecified atom stereocenters. The molecular weight excluding hydrogens is 196 g/mol.